The van der Waals surface area contributed by atoms with Gasteiger partial charge in [-0.15, -0.1) is 0 Å². The molecule has 1 atom stereocenters. The third kappa shape index (κ3) is 4.06. The Kier molecular flexibility index (Phi) is 6.17. The topological polar surface area (TPSA) is 105 Å². The first-order valence-corrected chi connectivity index (χ1v) is 6.87. The maximum Gasteiger partial charge on any atom is 0.242 e. The lowest BCUT2D eigenvalue weighted by Gasteiger charge is -2.19. The summed E-state index contributed by atoms with van der Waals surface area (Å²) in [6.45, 7) is 8.52. The van der Waals surface area contributed by atoms with Crippen LogP contribution in [0.4, 0.5) is 11.6 Å². The smallest absolute Gasteiger partial charge is 0.242 e. The molecule has 5 N–H and O–H groups in total. The highest BCUT2D eigenvalue weighted by atomic mass is 16.2. The number of nitrogens with two attached hydrogens (primary N) is 1. The van der Waals surface area contributed by atoms with Gasteiger partial charge in [0.2, 0.25) is 5.91 Å². The highest BCUT2D eigenvalue weighted by Gasteiger charge is 2.18. The first-order chi connectivity index (χ1) is 9.51. The molecule has 20 heavy (non-hydrogen) atoms. The predicted octanol–water partition coefficient (Wildman–Crippen LogP) is 1.21. The van der Waals surface area contributed by atoms with E-state index in [9.17, 15) is 4.79 Å². The van der Waals surface area contributed by atoms with Gasteiger partial charge in [0.05, 0.1) is 0 Å². The van der Waals surface area contributed by atoms with Crippen molar-refractivity contribution in [1.29, 1.82) is 0 Å². The van der Waals surface area contributed by atoms with E-state index in [4.69, 9.17) is 5.84 Å². The number of amides is 1. The molecule has 0 fully saturated rings. The van der Waals surface area contributed by atoms with Gasteiger partial charge in [-0.05, 0) is 19.3 Å². The SMILES string of the molecule is CCCNC(=O)C(C)Nc1ncnc(NN)c1C(C)C. The molecule has 0 bridgehead atoms. The molecule has 1 unspecified atom stereocenters. The maximum atomic E-state index is 11.9. The van der Waals surface area contributed by atoms with E-state index in [-0.39, 0.29) is 17.9 Å². The molecule has 7 heteroatoms. The Morgan fingerprint density at radius 2 is 1.95 bits per heavy atom. The van der Waals surface area contributed by atoms with Crippen LogP contribution in [-0.2, 0) is 4.79 Å². The highest BCUT2D eigenvalue weighted by molar-refractivity contribution is 5.84. The standard InChI is InChI=1S/C13H24N6O/c1-5-6-15-13(20)9(4)18-11-10(8(2)3)12(19-14)17-7-16-11/h7-9H,5-6,14H2,1-4H3,(H,15,20)(H2,16,17,18,19). The molecule has 0 radical (unpaired) electrons. The third-order valence-electron chi connectivity index (χ3n) is 2.89. The van der Waals surface area contributed by atoms with Gasteiger partial charge in [-0.1, -0.05) is 20.8 Å². The zero-order valence-electron chi connectivity index (χ0n) is 12.5. The lowest BCUT2D eigenvalue weighted by Crippen LogP contribution is -2.38. The number of rotatable bonds is 7. The first-order valence-electron chi connectivity index (χ1n) is 6.87. The Hall–Kier alpha value is -1.89. The molecule has 1 aromatic rings. The zero-order valence-corrected chi connectivity index (χ0v) is 12.5. The zero-order chi connectivity index (χ0) is 15.1. The largest absolute Gasteiger partial charge is 0.358 e. The third-order valence-corrected chi connectivity index (χ3v) is 2.89. The molecule has 0 aliphatic rings. The average Bonchev–Trinajstić information content (AvgIpc) is 2.43. The number of carbonyl (C=O) groups is 1. The minimum absolute atomic E-state index is 0.0533. The summed E-state index contributed by atoms with van der Waals surface area (Å²) in [6, 6.07) is -0.375. The van der Waals surface area contributed by atoms with Crippen LogP contribution in [0.3, 0.4) is 0 Å². The quantitative estimate of drug-likeness (QED) is 0.442. The Morgan fingerprint density at radius 3 is 2.50 bits per heavy atom. The maximum absolute atomic E-state index is 11.9. The second-order valence-corrected chi connectivity index (χ2v) is 4.94. The summed E-state index contributed by atoms with van der Waals surface area (Å²) in [6.07, 6.45) is 2.32. The Bertz CT molecular complexity index is 448. The van der Waals surface area contributed by atoms with Gasteiger partial charge in [-0.25, -0.2) is 15.8 Å². The van der Waals surface area contributed by atoms with E-state index < -0.39 is 0 Å². The minimum atomic E-state index is -0.375. The number of nitrogen functional groups attached to an aromatic ring is 1. The van der Waals surface area contributed by atoms with Crippen molar-refractivity contribution in [2.75, 3.05) is 17.3 Å². The molecule has 0 spiro atoms. The van der Waals surface area contributed by atoms with Crippen LogP contribution in [0.1, 0.15) is 45.6 Å². The molecule has 7 nitrogen and oxygen atoms in total. The van der Waals surface area contributed by atoms with Gasteiger partial charge in [0, 0.05) is 12.1 Å². The van der Waals surface area contributed by atoms with Crippen LogP contribution in [0.5, 0.6) is 0 Å². The molecule has 1 rings (SSSR count). The molecule has 0 aliphatic carbocycles. The van der Waals surface area contributed by atoms with Gasteiger partial charge in [-0.2, -0.15) is 0 Å². The number of hydrazine groups is 1. The van der Waals surface area contributed by atoms with Crippen molar-refractivity contribution in [3.8, 4) is 0 Å². The van der Waals surface area contributed by atoms with Crippen molar-refractivity contribution in [1.82, 2.24) is 15.3 Å². The van der Waals surface area contributed by atoms with Gasteiger partial charge in [0.25, 0.3) is 0 Å². The number of anilines is 2. The molecule has 0 aliphatic heterocycles. The second kappa shape index (κ2) is 7.64. The van der Waals surface area contributed by atoms with Crippen molar-refractivity contribution in [2.45, 2.75) is 46.1 Å². The second-order valence-electron chi connectivity index (χ2n) is 4.94. The molecule has 0 aromatic carbocycles. The molecule has 112 valence electrons. The average molecular weight is 280 g/mol. The van der Waals surface area contributed by atoms with E-state index in [1.165, 1.54) is 6.33 Å². The van der Waals surface area contributed by atoms with Crippen LogP contribution in [-0.4, -0.2) is 28.5 Å². The van der Waals surface area contributed by atoms with Crippen molar-refractivity contribution in [3.63, 3.8) is 0 Å². The van der Waals surface area contributed by atoms with Crippen LogP contribution >= 0.6 is 0 Å². The van der Waals surface area contributed by atoms with Gasteiger partial charge < -0.3 is 16.1 Å². The Labute approximate surface area is 119 Å². The lowest BCUT2D eigenvalue weighted by molar-refractivity contribution is -0.121. The molecular formula is C13H24N6O. The highest BCUT2D eigenvalue weighted by Crippen LogP contribution is 2.27. The summed E-state index contributed by atoms with van der Waals surface area (Å²) in [5, 5.41) is 5.96. The van der Waals surface area contributed by atoms with Crippen molar-refractivity contribution in [2.24, 2.45) is 5.84 Å². The van der Waals surface area contributed by atoms with E-state index in [1.807, 2.05) is 20.8 Å². The van der Waals surface area contributed by atoms with E-state index in [2.05, 4.69) is 26.0 Å². The molecule has 1 heterocycles. The van der Waals surface area contributed by atoms with E-state index >= 15 is 0 Å². The Balaban J connectivity index is 2.89. The van der Waals surface area contributed by atoms with Crippen molar-refractivity contribution >= 4 is 17.5 Å². The number of aromatic nitrogens is 2. The van der Waals surface area contributed by atoms with Crippen molar-refractivity contribution in [3.05, 3.63) is 11.9 Å². The minimum Gasteiger partial charge on any atom is -0.358 e. The molecule has 0 saturated carbocycles. The Morgan fingerprint density at radius 1 is 1.30 bits per heavy atom. The van der Waals surface area contributed by atoms with Gasteiger partial charge >= 0.3 is 0 Å². The van der Waals surface area contributed by atoms with Crippen LogP contribution in [0.25, 0.3) is 0 Å². The first kappa shape index (κ1) is 16.2. The fourth-order valence-electron chi connectivity index (χ4n) is 1.84. The van der Waals surface area contributed by atoms with E-state index in [0.717, 1.165) is 12.0 Å². The monoisotopic (exact) mass is 280 g/mol. The van der Waals surface area contributed by atoms with Gasteiger partial charge in [0.15, 0.2) is 0 Å². The number of hydrogen-bond acceptors (Lipinski definition) is 6. The fourth-order valence-corrected chi connectivity index (χ4v) is 1.84. The number of nitrogens with zero attached hydrogens (tertiary/aromatic N) is 2. The van der Waals surface area contributed by atoms with Crippen LogP contribution < -0.4 is 21.9 Å². The summed E-state index contributed by atoms with van der Waals surface area (Å²) in [4.78, 5) is 20.2. The predicted molar refractivity (Wildman–Crippen MR) is 80.3 cm³/mol. The number of carbonyl (C=O) groups excluding carboxylic acids is 1. The molecular weight excluding hydrogens is 256 g/mol. The summed E-state index contributed by atoms with van der Waals surface area (Å²) < 4.78 is 0. The molecule has 1 aromatic heterocycles. The number of hydrogen-bond donors (Lipinski definition) is 4. The number of nitrogens with one attached hydrogen (secondary N) is 3. The van der Waals surface area contributed by atoms with Gasteiger partial charge in [-0.3, -0.25) is 4.79 Å². The molecule has 0 saturated heterocycles. The van der Waals surface area contributed by atoms with Crippen LogP contribution in [0.2, 0.25) is 0 Å². The summed E-state index contributed by atoms with van der Waals surface area (Å²) >= 11 is 0. The van der Waals surface area contributed by atoms with E-state index in [0.29, 0.717) is 18.2 Å². The summed E-state index contributed by atoms with van der Waals surface area (Å²) in [7, 11) is 0. The summed E-state index contributed by atoms with van der Waals surface area (Å²) in [5.74, 6) is 6.78. The fraction of sp³-hybridized carbons (Fsp3) is 0.615. The summed E-state index contributed by atoms with van der Waals surface area (Å²) in [5.41, 5.74) is 3.43. The lowest BCUT2D eigenvalue weighted by atomic mass is 10.0. The normalized spacial score (nSPS) is 12.1. The van der Waals surface area contributed by atoms with Gasteiger partial charge in [0.1, 0.15) is 24.0 Å². The van der Waals surface area contributed by atoms with Crippen molar-refractivity contribution < 1.29 is 4.79 Å². The van der Waals surface area contributed by atoms with Crippen LogP contribution in [0, 0.1) is 0 Å². The van der Waals surface area contributed by atoms with Crippen LogP contribution in [0.15, 0.2) is 6.33 Å². The van der Waals surface area contributed by atoms with E-state index in [1.54, 1.807) is 6.92 Å². The molecule has 1 amide bonds.